The number of halogens is 1. The topological polar surface area (TPSA) is 64.2 Å². The van der Waals surface area contributed by atoms with Crippen molar-refractivity contribution in [2.24, 2.45) is 0 Å². The quantitative estimate of drug-likeness (QED) is 0.614. The number of hydrogen-bond acceptors (Lipinski definition) is 6. The first-order valence-electron chi connectivity index (χ1n) is 10.8. The molecule has 174 valence electrons. The van der Waals surface area contributed by atoms with E-state index in [9.17, 15) is 13.2 Å². The van der Waals surface area contributed by atoms with Crippen molar-refractivity contribution < 1.29 is 13.2 Å². The summed E-state index contributed by atoms with van der Waals surface area (Å²) in [5.41, 5.74) is 1.19. The van der Waals surface area contributed by atoms with E-state index in [1.165, 1.54) is 25.9 Å². The molecule has 2 aliphatic heterocycles. The smallest absolute Gasteiger partial charge is 0.236 e. The van der Waals surface area contributed by atoms with Crippen LogP contribution in [0.15, 0.2) is 36.4 Å². The fraction of sp³-hybridized carbons (Fsp3) is 0.500. The molecule has 2 aliphatic rings. The molecule has 0 bridgehead atoms. The van der Waals surface area contributed by atoms with Crippen molar-refractivity contribution in [2.75, 3.05) is 65.2 Å². The molecule has 1 aromatic heterocycles. The van der Waals surface area contributed by atoms with Crippen molar-refractivity contribution in [3.8, 4) is 10.4 Å². The Kier molecular flexibility index (Phi) is 7.54. The van der Waals surface area contributed by atoms with Crippen LogP contribution in [0.4, 0.5) is 0 Å². The zero-order valence-corrected chi connectivity index (χ0v) is 20.6. The first-order chi connectivity index (χ1) is 15.3. The third-order valence-corrected chi connectivity index (χ3v) is 8.73. The van der Waals surface area contributed by atoms with Crippen molar-refractivity contribution in [3.05, 3.63) is 46.3 Å². The Morgan fingerprint density at radius 1 is 0.906 bits per heavy atom. The van der Waals surface area contributed by atoms with E-state index < -0.39 is 10.0 Å². The van der Waals surface area contributed by atoms with Crippen molar-refractivity contribution in [1.29, 1.82) is 0 Å². The van der Waals surface area contributed by atoms with Gasteiger partial charge in [0.1, 0.15) is 0 Å². The lowest BCUT2D eigenvalue weighted by atomic mass is 10.2. The molecule has 2 saturated heterocycles. The largest absolute Gasteiger partial charge is 0.339 e. The fourth-order valence-electron chi connectivity index (χ4n) is 4.12. The Labute approximate surface area is 199 Å². The summed E-state index contributed by atoms with van der Waals surface area (Å²) in [6, 6.07) is 12.3. The summed E-state index contributed by atoms with van der Waals surface area (Å²) in [5, 5.41) is 0.748. The van der Waals surface area contributed by atoms with Gasteiger partial charge in [0.15, 0.2) is 0 Å². The van der Waals surface area contributed by atoms with Crippen LogP contribution in [0, 0.1) is 0 Å². The van der Waals surface area contributed by atoms with Crippen LogP contribution in [0.2, 0.25) is 5.02 Å². The highest BCUT2D eigenvalue weighted by molar-refractivity contribution is 7.88. The van der Waals surface area contributed by atoms with Crippen LogP contribution in [0.3, 0.4) is 0 Å². The Balaban J connectivity index is 1.21. The fourth-order valence-corrected chi connectivity index (χ4v) is 6.13. The minimum Gasteiger partial charge on any atom is -0.339 e. The summed E-state index contributed by atoms with van der Waals surface area (Å²) in [5.74, 6) is 0.0949. The molecule has 1 amide bonds. The number of nitrogens with zero attached hydrogens (tertiary/aromatic N) is 4. The summed E-state index contributed by atoms with van der Waals surface area (Å²) in [6.07, 6.45) is 1.22. The third-order valence-electron chi connectivity index (χ3n) is 6.05. The number of carbonyl (C=O) groups excluding carboxylic acids is 1. The second-order valence-corrected chi connectivity index (χ2v) is 12.0. The second-order valence-electron chi connectivity index (χ2n) is 8.37. The van der Waals surface area contributed by atoms with Gasteiger partial charge in [-0.1, -0.05) is 23.7 Å². The highest BCUT2D eigenvalue weighted by Gasteiger charge is 2.27. The van der Waals surface area contributed by atoms with Gasteiger partial charge >= 0.3 is 0 Å². The number of rotatable bonds is 6. The summed E-state index contributed by atoms with van der Waals surface area (Å²) in [4.78, 5) is 21.7. The molecule has 7 nitrogen and oxygen atoms in total. The van der Waals surface area contributed by atoms with Gasteiger partial charge in [-0.25, -0.2) is 8.42 Å². The number of hydrogen-bond donors (Lipinski definition) is 0. The zero-order valence-electron chi connectivity index (χ0n) is 18.2. The van der Waals surface area contributed by atoms with E-state index in [1.54, 1.807) is 4.90 Å². The first-order valence-corrected chi connectivity index (χ1v) is 13.8. The number of thiophene rings is 1. The van der Waals surface area contributed by atoms with Crippen molar-refractivity contribution in [3.63, 3.8) is 0 Å². The molecule has 10 heteroatoms. The predicted octanol–water partition coefficient (Wildman–Crippen LogP) is 2.29. The van der Waals surface area contributed by atoms with Crippen molar-refractivity contribution >= 4 is 38.9 Å². The maximum atomic E-state index is 12.6. The van der Waals surface area contributed by atoms with E-state index in [2.05, 4.69) is 34.1 Å². The van der Waals surface area contributed by atoms with Crippen LogP contribution >= 0.6 is 22.9 Å². The molecular formula is C22H29ClN4O3S2. The standard InChI is InChI=1S/C22H29ClN4O3S2/c1-32(29,30)27-14-12-26(13-15-27)22(28)17-25-10-8-24(9-11-25)16-20-6-7-21(31-20)18-2-4-19(23)5-3-18/h2-7H,8-17H2,1H3. The normalized spacial score (nSPS) is 19.4. The van der Waals surface area contributed by atoms with Gasteiger partial charge < -0.3 is 4.90 Å². The average molecular weight is 497 g/mol. The minimum absolute atomic E-state index is 0.0949. The number of amides is 1. The van der Waals surface area contributed by atoms with Gasteiger partial charge in [0, 0.05) is 73.7 Å². The van der Waals surface area contributed by atoms with E-state index in [-0.39, 0.29) is 5.91 Å². The summed E-state index contributed by atoms with van der Waals surface area (Å²) < 4.78 is 24.7. The molecule has 0 atom stereocenters. The SMILES string of the molecule is CS(=O)(=O)N1CCN(C(=O)CN2CCN(Cc3ccc(-c4ccc(Cl)cc4)s3)CC2)CC1. The molecule has 0 unspecified atom stereocenters. The molecule has 0 aliphatic carbocycles. The lowest BCUT2D eigenvalue weighted by molar-refractivity contribution is -0.134. The van der Waals surface area contributed by atoms with Crippen molar-refractivity contribution in [2.45, 2.75) is 6.54 Å². The zero-order chi connectivity index (χ0) is 22.7. The number of sulfonamides is 1. The van der Waals surface area contributed by atoms with Crippen LogP contribution in [0.1, 0.15) is 4.88 Å². The van der Waals surface area contributed by atoms with Gasteiger partial charge in [-0.15, -0.1) is 11.3 Å². The van der Waals surface area contributed by atoms with E-state index in [0.29, 0.717) is 32.7 Å². The Morgan fingerprint density at radius 3 is 2.16 bits per heavy atom. The van der Waals surface area contributed by atoms with Crippen LogP contribution in [-0.2, 0) is 21.4 Å². The molecule has 0 radical (unpaired) electrons. The molecule has 0 N–H and O–H groups in total. The van der Waals surface area contributed by atoms with E-state index in [1.807, 2.05) is 23.5 Å². The van der Waals surface area contributed by atoms with Gasteiger partial charge in [-0.05, 0) is 29.8 Å². The molecule has 32 heavy (non-hydrogen) atoms. The average Bonchev–Trinajstić information content (AvgIpc) is 3.23. The van der Waals surface area contributed by atoms with E-state index in [0.717, 1.165) is 37.7 Å². The third kappa shape index (κ3) is 6.09. The molecule has 4 rings (SSSR count). The van der Waals surface area contributed by atoms with E-state index in [4.69, 9.17) is 11.6 Å². The first kappa shape index (κ1) is 23.7. The molecule has 2 aromatic rings. The lowest BCUT2D eigenvalue weighted by Crippen LogP contribution is -2.54. The number of benzene rings is 1. The van der Waals surface area contributed by atoms with Crippen molar-refractivity contribution in [1.82, 2.24) is 19.0 Å². The Hall–Kier alpha value is -1.49. The van der Waals surface area contributed by atoms with Crippen LogP contribution in [-0.4, -0.2) is 98.5 Å². The van der Waals surface area contributed by atoms with Gasteiger partial charge in [0.05, 0.1) is 12.8 Å². The molecule has 1 aromatic carbocycles. The van der Waals surface area contributed by atoms with Crippen LogP contribution < -0.4 is 0 Å². The second kappa shape index (κ2) is 10.2. The maximum absolute atomic E-state index is 12.6. The lowest BCUT2D eigenvalue weighted by Gasteiger charge is -2.37. The van der Waals surface area contributed by atoms with Crippen LogP contribution in [0.25, 0.3) is 10.4 Å². The molecular weight excluding hydrogens is 468 g/mol. The Morgan fingerprint density at radius 2 is 1.53 bits per heavy atom. The maximum Gasteiger partial charge on any atom is 0.236 e. The Bertz CT molecular complexity index is 1030. The molecule has 2 fully saturated rings. The minimum atomic E-state index is -3.18. The van der Waals surface area contributed by atoms with Gasteiger partial charge in [0.25, 0.3) is 0 Å². The summed E-state index contributed by atoms with van der Waals surface area (Å²) in [6.45, 7) is 6.65. The molecule has 0 saturated carbocycles. The number of carbonyl (C=O) groups is 1. The monoisotopic (exact) mass is 496 g/mol. The predicted molar refractivity (Wildman–Crippen MR) is 129 cm³/mol. The highest BCUT2D eigenvalue weighted by Crippen LogP contribution is 2.29. The molecule has 0 spiro atoms. The summed E-state index contributed by atoms with van der Waals surface area (Å²) in [7, 11) is -3.18. The molecule has 3 heterocycles. The number of piperazine rings is 2. The highest BCUT2D eigenvalue weighted by atomic mass is 35.5. The summed E-state index contributed by atoms with van der Waals surface area (Å²) >= 11 is 7.80. The van der Waals surface area contributed by atoms with Gasteiger partial charge in [-0.3, -0.25) is 14.6 Å². The van der Waals surface area contributed by atoms with E-state index >= 15 is 0 Å². The van der Waals surface area contributed by atoms with Crippen LogP contribution in [0.5, 0.6) is 0 Å². The van der Waals surface area contributed by atoms with Gasteiger partial charge in [-0.2, -0.15) is 4.31 Å². The van der Waals surface area contributed by atoms with Gasteiger partial charge in [0.2, 0.25) is 15.9 Å².